The minimum Gasteiger partial charge on any atom is -0.490 e. The van der Waals surface area contributed by atoms with E-state index in [0.717, 1.165) is 11.3 Å². The normalized spacial score (nSPS) is 12.7. The highest BCUT2D eigenvalue weighted by atomic mass is 28.4. The van der Waals surface area contributed by atoms with E-state index in [9.17, 15) is 4.79 Å². The molecule has 1 amide bonds. The highest BCUT2D eigenvalue weighted by Crippen LogP contribution is 2.42. The van der Waals surface area contributed by atoms with E-state index in [0.29, 0.717) is 36.3 Å². The largest absolute Gasteiger partial charge is 0.490 e. The van der Waals surface area contributed by atoms with E-state index in [1.165, 1.54) is 0 Å². The molecule has 0 aliphatic carbocycles. The van der Waals surface area contributed by atoms with Gasteiger partial charge >= 0.3 is 6.09 Å². The molecule has 0 heterocycles. The molecule has 0 aromatic heterocycles. The zero-order valence-corrected chi connectivity index (χ0v) is 21.1. The van der Waals surface area contributed by atoms with Gasteiger partial charge in [0.25, 0.3) is 0 Å². The van der Waals surface area contributed by atoms with Gasteiger partial charge in [0.1, 0.15) is 19.0 Å². The Morgan fingerprint density at radius 2 is 1.52 bits per heavy atom. The van der Waals surface area contributed by atoms with E-state index in [2.05, 4.69) is 60.0 Å². The third-order valence-corrected chi connectivity index (χ3v) is 11.8. The lowest BCUT2D eigenvalue weighted by Gasteiger charge is -2.43. The number of alkyl carbamates (subject to hydrolysis) is 1. The molecule has 1 N–H and O–H groups in total. The molecular formula is C25H41NO4Si. The highest BCUT2D eigenvalue weighted by Gasteiger charge is 2.45. The molecule has 5 nitrogen and oxygen atoms in total. The van der Waals surface area contributed by atoms with Crippen molar-refractivity contribution in [2.75, 3.05) is 19.8 Å². The number of amides is 1. The fraction of sp³-hybridized carbons (Fsp3) is 0.560. The van der Waals surface area contributed by atoms with Gasteiger partial charge in [-0.15, -0.1) is 0 Å². The third-order valence-electron chi connectivity index (χ3n) is 5.67. The van der Waals surface area contributed by atoms with Crippen LogP contribution in [0.15, 0.2) is 49.6 Å². The van der Waals surface area contributed by atoms with Crippen molar-refractivity contribution in [3.63, 3.8) is 0 Å². The molecule has 0 spiro atoms. The van der Waals surface area contributed by atoms with Crippen LogP contribution in [0.25, 0.3) is 0 Å². The molecule has 31 heavy (non-hydrogen) atoms. The summed E-state index contributed by atoms with van der Waals surface area (Å²) >= 11 is 0. The van der Waals surface area contributed by atoms with E-state index in [1.807, 2.05) is 24.3 Å². The SMILES string of the molecule is C=CCOC(=O)N[C@H](CO[Si](C(C)C)(C(C)C)C(C)C)Cc1ccc(OCC=C)cc1. The Morgan fingerprint density at radius 3 is 2.00 bits per heavy atom. The Kier molecular flexibility index (Phi) is 11.6. The average Bonchev–Trinajstić information content (AvgIpc) is 2.71. The maximum Gasteiger partial charge on any atom is 0.407 e. The summed E-state index contributed by atoms with van der Waals surface area (Å²) in [5.74, 6) is 0.792. The van der Waals surface area contributed by atoms with E-state index in [-0.39, 0.29) is 12.6 Å². The Hall–Kier alpha value is -2.05. The first-order chi connectivity index (χ1) is 14.7. The Bertz CT molecular complexity index is 663. The number of rotatable bonds is 14. The quantitative estimate of drug-likeness (QED) is 0.270. The van der Waals surface area contributed by atoms with Crippen LogP contribution in [0, 0.1) is 0 Å². The minimum absolute atomic E-state index is 0.178. The lowest BCUT2D eigenvalue weighted by atomic mass is 10.1. The lowest BCUT2D eigenvalue weighted by molar-refractivity contribution is 0.146. The van der Waals surface area contributed by atoms with Gasteiger partial charge in [0.2, 0.25) is 0 Å². The van der Waals surface area contributed by atoms with Crippen molar-refractivity contribution >= 4 is 14.4 Å². The number of hydrogen-bond acceptors (Lipinski definition) is 4. The van der Waals surface area contributed by atoms with Crippen LogP contribution >= 0.6 is 0 Å². The van der Waals surface area contributed by atoms with E-state index >= 15 is 0 Å². The number of carbonyl (C=O) groups is 1. The van der Waals surface area contributed by atoms with Gasteiger partial charge in [-0.05, 0) is 40.7 Å². The van der Waals surface area contributed by atoms with Crippen LogP contribution in [-0.4, -0.2) is 40.3 Å². The Morgan fingerprint density at radius 1 is 0.968 bits per heavy atom. The second-order valence-corrected chi connectivity index (χ2v) is 14.3. The lowest BCUT2D eigenvalue weighted by Crippen LogP contribution is -2.51. The van der Waals surface area contributed by atoms with Gasteiger partial charge in [-0.2, -0.15) is 0 Å². The van der Waals surface area contributed by atoms with Gasteiger partial charge in [0, 0.05) is 0 Å². The van der Waals surface area contributed by atoms with Crippen LogP contribution in [0.3, 0.4) is 0 Å². The average molecular weight is 448 g/mol. The minimum atomic E-state index is -2.05. The van der Waals surface area contributed by atoms with Gasteiger partial charge in [-0.1, -0.05) is 79.0 Å². The van der Waals surface area contributed by atoms with Gasteiger partial charge in [-0.3, -0.25) is 0 Å². The van der Waals surface area contributed by atoms with Crippen LogP contribution in [0.1, 0.15) is 47.1 Å². The molecule has 0 aliphatic heterocycles. The monoisotopic (exact) mass is 447 g/mol. The van der Waals surface area contributed by atoms with Gasteiger partial charge in [0.05, 0.1) is 12.6 Å². The van der Waals surface area contributed by atoms with Crippen LogP contribution in [-0.2, 0) is 15.6 Å². The zero-order valence-electron chi connectivity index (χ0n) is 20.1. The van der Waals surface area contributed by atoms with Crippen molar-refractivity contribution in [1.29, 1.82) is 0 Å². The summed E-state index contributed by atoms with van der Waals surface area (Å²) in [6, 6.07) is 7.70. The number of hydrogen-bond donors (Lipinski definition) is 1. The molecule has 0 bridgehead atoms. The van der Waals surface area contributed by atoms with Crippen LogP contribution in [0.2, 0.25) is 16.6 Å². The van der Waals surface area contributed by atoms with Crippen LogP contribution in [0.4, 0.5) is 4.79 Å². The molecule has 6 heteroatoms. The maximum atomic E-state index is 12.2. The van der Waals surface area contributed by atoms with Crippen molar-refractivity contribution in [2.45, 2.75) is 70.6 Å². The van der Waals surface area contributed by atoms with Crippen molar-refractivity contribution in [3.05, 3.63) is 55.1 Å². The molecule has 1 atom stereocenters. The van der Waals surface area contributed by atoms with E-state index in [4.69, 9.17) is 13.9 Å². The predicted molar refractivity (Wildman–Crippen MR) is 131 cm³/mol. The number of ether oxygens (including phenoxy) is 2. The molecule has 174 valence electrons. The summed E-state index contributed by atoms with van der Waals surface area (Å²) in [5.41, 5.74) is 2.51. The summed E-state index contributed by atoms with van der Waals surface area (Å²) in [4.78, 5) is 12.2. The third kappa shape index (κ3) is 8.18. The summed E-state index contributed by atoms with van der Waals surface area (Å²) < 4.78 is 17.5. The topological polar surface area (TPSA) is 56.8 Å². The first-order valence-electron chi connectivity index (χ1n) is 11.2. The van der Waals surface area contributed by atoms with Crippen LogP contribution < -0.4 is 10.1 Å². The number of benzene rings is 1. The molecule has 0 aliphatic rings. The number of carbonyl (C=O) groups excluding carboxylic acids is 1. The van der Waals surface area contributed by atoms with Crippen molar-refractivity contribution in [2.24, 2.45) is 0 Å². The molecule has 0 radical (unpaired) electrons. The molecule has 0 unspecified atom stereocenters. The molecule has 1 aromatic carbocycles. The zero-order chi connectivity index (χ0) is 23.4. The summed E-state index contributed by atoms with van der Waals surface area (Å²) in [6.45, 7) is 21.9. The standard InChI is InChI=1S/C25H41NO4Si/c1-9-15-28-24-13-11-22(12-14-24)17-23(26-25(27)29-16-10-2)18-30-31(19(3)4,20(5)6)21(7)8/h9-14,19-21,23H,1-2,15-18H2,3-8H3,(H,26,27)/t23-/m0/s1. The summed E-state index contributed by atoms with van der Waals surface area (Å²) in [6.07, 6.45) is 3.46. The van der Waals surface area contributed by atoms with Crippen molar-refractivity contribution in [3.8, 4) is 5.75 Å². The fourth-order valence-corrected chi connectivity index (χ4v) is 9.89. The predicted octanol–water partition coefficient (Wildman–Crippen LogP) is 6.27. The summed E-state index contributed by atoms with van der Waals surface area (Å²) in [5, 5.41) is 2.98. The fourth-order valence-electron chi connectivity index (χ4n) is 4.40. The maximum absolute atomic E-state index is 12.2. The second-order valence-electron chi connectivity index (χ2n) is 8.80. The van der Waals surface area contributed by atoms with Gasteiger partial charge < -0.3 is 19.2 Å². The van der Waals surface area contributed by atoms with Crippen molar-refractivity contribution in [1.82, 2.24) is 5.32 Å². The molecule has 0 saturated heterocycles. The number of nitrogens with one attached hydrogen (secondary N) is 1. The van der Waals surface area contributed by atoms with E-state index < -0.39 is 14.4 Å². The molecule has 0 saturated carbocycles. The molecular weight excluding hydrogens is 406 g/mol. The molecule has 1 aromatic rings. The van der Waals surface area contributed by atoms with E-state index in [1.54, 1.807) is 12.2 Å². The molecule has 1 rings (SSSR count). The highest BCUT2D eigenvalue weighted by molar-refractivity contribution is 6.77. The van der Waals surface area contributed by atoms with Gasteiger partial charge in [0.15, 0.2) is 8.32 Å². The Balaban J connectivity index is 2.98. The second kappa shape index (κ2) is 13.4. The first kappa shape index (κ1) is 27.0. The van der Waals surface area contributed by atoms with Crippen molar-refractivity contribution < 1.29 is 18.7 Å². The smallest absolute Gasteiger partial charge is 0.407 e. The summed E-state index contributed by atoms with van der Waals surface area (Å²) in [7, 11) is -2.05. The Labute approximate surface area is 190 Å². The van der Waals surface area contributed by atoms with Crippen LogP contribution in [0.5, 0.6) is 5.75 Å². The molecule has 0 fully saturated rings. The van der Waals surface area contributed by atoms with Gasteiger partial charge in [-0.25, -0.2) is 4.79 Å². The first-order valence-corrected chi connectivity index (χ1v) is 13.3.